The Hall–Kier alpha value is -3.76. The molecule has 0 bridgehead atoms. The first kappa shape index (κ1) is 22.4. The monoisotopic (exact) mass is 452 g/mol. The Morgan fingerprint density at radius 1 is 0.939 bits per heavy atom. The number of amides is 2. The number of anilines is 2. The van der Waals surface area contributed by atoms with Crippen LogP contribution in [0.15, 0.2) is 23.0 Å². The number of aromatic nitrogens is 5. The van der Waals surface area contributed by atoms with E-state index in [2.05, 4.69) is 25.2 Å². The topological polar surface area (TPSA) is 118 Å². The molecular formula is C22H28N8O3. The second kappa shape index (κ2) is 9.00. The summed E-state index contributed by atoms with van der Waals surface area (Å²) in [4.78, 5) is 54.2. The first-order chi connectivity index (χ1) is 15.7. The molecule has 4 rings (SSSR count). The van der Waals surface area contributed by atoms with Crippen molar-refractivity contribution in [3.63, 3.8) is 0 Å². The fourth-order valence-electron chi connectivity index (χ4n) is 4.03. The summed E-state index contributed by atoms with van der Waals surface area (Å²) < 4.78 is 2.93. The van der Waals surface area contributed by atoms with E-state index in [1.165, 1.54) is 9.13 Å². The maximum absolute atomic E-state index is 12.6. The first-order valence-electron chi connectivity index (χ1n) is 10.9. The van der Waals surface area contributed by atoms with Crippen LogP contribution in [0.4, 0.5) is 11.8 Å². The van der Waals surface area contributed by atoms with E-state index in [9.17, 15) is 14.4 Å². The van der Waals surface area contributed by atoms with E-state index in [0.717, 1.165) is 11.4 Å². The molecule has 1 aliphatic rings. The molecule has 0 spiro atoms. The second-order valence-electron chi connectivity index (χ2n) is 8.31. The van der Waals surface area contributed by atoms with Crippen molar-refractivity contribution >= 4 is 34.7 Å². The van der Waals surface area contributed by atoms with Crippen LogP contribution in [-0.2, 0) is 23.7 Å². The highest BCUT2D eigenvalue weighted by atomic mass is 16.2. The third-order valence-corrected chi connectivity index (χ3v) is 5.83. The summed E-state index contributed by atoms with van der Waals surface area (Å²) in [6.07, 6.45) is 0.185. The lowest BCUT2D eigenvalue weighted by atomic mass is 10.2. The third kappa shape index (κ3) is 4.71. The Balaban J connectivity index is 1.28. The fourth-order valence-corrected chi connectivity index (χ4v) is 4.03. The van der Waals surface area contributed by atoms with Crippen molar-refractivity contribution in [2.45, 2.75) is 26.7 Å². The van der Waals surface area contributed by atoms with Crippen molar-refractivity contribution in [3.05, 3.63) is 40.1 Å². The SMILES string of the molecule is Cc1cc(C)nc(N2CCN(C(=O)CCC(=O)Nc3ccc4c(n3)n(C)c(=O)n4C)CC2)n1. The smallest absolute Gasteiger partial charge is 0.329 e. The zero-order valence-corrected chi connectivity index (χ0v) is 19.3. The molecule has 1 aliphatic heterocycles. The van der Waals surface area contributed by atoms with Crippen LogP contribution >= 0.6 is 0 Å². The van der Waals surface area contributed by atoms with Gasteiger partial charge in [-0.1, -0.05) is 0 Å². The summed E-state index contributed by atoms with van der Waals surface area (Å²) in [6.45, 7) is 6.32. The van der Waals surface area contributed by atoms with Gasteiger partial charge in [0.15, 0.2) is 5.65 Å². The maximum atomic E-state index is 12.6. The van der Waals surface area contributed by atoms with Gasteiger partial charge in [0.1, 0.15) is 5.82 Å². The maximum Gasteiger partial charge on any atom is 0.329 e. The fraction of sp³-hybridized carbons (Fsp3) is 0.455. The highest BCUT2D eigenvalue weighted by molar-refractivity contribution is 5.93. The van der Waals surface area contributed by atoms with Gasteiger partial charge in [0.2, 0.25) is 17.8 Å². The largest absolute Gasteiger partial charge is 0.339 e. The molecule has 1 saturated heterocycles. The molecular weight excluding hydrogens is 424 g/mol. The molecule has 1 fully saturated rings. The van der Waals surface area contributed by atoms with Gasteiger partial charge in [0, 0.05) is 64.5 Å². The molecule has 3 aromatic heterocycles. The van der Waals surface area contributed by atoms with Gasteiger partial charge in [0.05, 0.1) is 5.52 Å². The van der Waals surface area contributed by atoms with Gasteiger partial charge >= 0.3 is 5.69 Å². The summed E-state index contributed by atoms with van der Waals surface area (Å²) in [5, 5.41) is 2.72. The Labute approximate surface area is 191 Å². The number of carbonyl (C=O) groups is 2. The van der Waals surface area contributed by atoms with Crippen LogP contribution in [0.3, 0.4) is 0 Å². The summed E-state index contributed by atoms with van der Waals surface area (Å²) in [7, 11) is 3.30. The molecule has 0 radical (unpaired) electrons. The van der Waals surface area contributed by atoms with E-state index in [1.54, 1.807) is 31.1 Å². The van der Waals surface area contributed by atoms with Crippen LogP contribution in [0, 0.1) is 13.8 Å². The molecule has 0 aromatic carbocycles. The molecule has 0 aliphatic carbocycles. The minimum Gasteiger partial charge on any atom is -0.339 e. The molecule has 11 heteroatoms. The zero-order chi connectivity index (χ0) is 23.7. The summed E-state index contributed by atoms with van der Waals surface area (Å²) in [6, 6.07) is 5.32. The van der Waals surface area contributed by atoms with Crippen LogP contribution in [0.25, 0.3) is 11.2 Å². The van der Waals surface area contributed by atoms with Gasteiger partial charge in [-0.05, 0) is 32.0 Å². The van der Waals surface area contributed by atoms with Crippen molar-refractivity contribution in [2.24, 2.45) is 14.1 Å². The van der Waals surface area contributed by atoms with E-state index in [0.29, 0.717) is 49.1 Å². The highest BCUT2D eigenvalue weighted by Crippen LogP contribution is 2.15. The van der Waals surface area contributed by atoms with Gasteiger partial charge < -0.3 is 15.1 Å². The van der Waals surface area contributed by atoms with Crippen LogP contribution in [0.1, 0.15) is 24.2 Å². The van der Waals surface area contributed by atoms with Crippen molar-refractivity contribution in [2.75, 3.05) is 36.4 Å². The molecule has 0 atom stereocenters. The van der Waals surface area contributed by atoms with E-state index in [-0.39, 0.29) is 30.3 Å². The van der Waals surface area contributed by atoms with Crippen molar-refractivity contribution < 1.29 is 9.59 Å². The van der Waals surface area contributed by atoms with E-state index in [1.807, 2.05) is 19.9 Å². The number of imidazole rings is 1. The Morgan fingerprint density at radius 2 is 1.61 bits per heavy atom. The average Bonchev–Trinajstić information content (AvgIpc) is 3.00. The second-order valence-corrected chi connectivity index (χ2v) is 8.31. The molecule has 2 amide bonds. The quantitative estimate of drug-likeness (QED) is 0.607. The van der Waals surface area contributed by atoms with Crippen LogP contribution in [0.5, 0.6) is 0 Å². The van der Waals surface area contributed by atoms with Gasteiger partial charge in [-0.25, -0.2) is 19.7 Å². The van der Waals surface area contributed by atoms with Crippen LogP contribution in [0.2, 0.25) is 0 Å². The minimum absolute atomic E-state index is 0.0555. The Morgan fingerprint density at radius 3 is 2.27 bits per heavy atom. The van der Waals surface area contributed by atoms with Gasteiger partial charge in [0.25, 0.3) is 0 Å². The summed E-state index contributed by atoms with van der Waals surface area (Å²) >= 11 is 0. The number of rotatable bonds is 5. The number of hydrogen-bond acceptors (Lipinski definition) is 7. The number of hydrogen-bond donors (Lipinski definition) is 1. The van der Waals surface area contributed by atoms with Gasteiger partial charge in [-0.15, -0.1) is 0 Å². The molecule has 0 unspecified atom stereocenters. The number of pyridine rings is 1. The summed E-state index contributed by atoms with van der Waals surface area (Å²) in [5.41, 5.74) is 2.83. The van der Waals surface area contributed by atoms with Gasteiger partial charge in [-0.2, -0.15) is 0 Å². The highest BCUT2D eigenvalue weighted by Gasteiger charge is 2.23. The lowest BCUT2D eigenvalue weighted by Crippen LogP contribution is -2.49. The molecule has 174 valence electrons. The van der Waals surface area contributed by atoms with E-state index >= 15 is 0 Å². The van der Waals surface area contributed by atoms with Gasteiger partial charge in [-0.3, -0.25) is 18.7 Å². The number of fused-ring (bicyclic) bond motifs is 1. The number of aryl methyl sites for hydroxylation is 4. The number of nitrogens with zero attached hydrogens (tertiary/aromatic N) is 7. The van der Waals surface area contributed by atoms with Crippen molar-refractivity contribution in [1.82, 2.24) is 29.0 Å². The van der Waals surface area contributed by atoms with Crippen LogP contribution in [-0.4, -0.2) is 67.0 Å². The standard InChI is InChI=1S/C22H28N8O3/c1-14-13-15(2)24-21(23-14)30-11-9-29(10-12-30)19(32)8-7-18(31)25-17-6-5-16-20(26-17)28(4)22(33)27(16)3/h5-6,13H,7-12H2,1-4H3,(H,25,26,31). The molecule has 1 N–H and O–H groups in total. The van der Waals surface area contributed by atoms with Crippen LogP contribution < -0.4 is 15.9 Å². The van der Waals surface area contributed by atoms with Crippen molar-refractivity contribution in [3.8, 4) is 0 Å². The lowest BCUT2D eigenvalue weighted by molar-refractivity contribution is -0.133. The van der Waals surface area contributed by atoms with Crippen molar-refractivity contribution in [1.29, 1.82) is 0 Å². The lowest BCUT2D eigenvalue weighted by Gasteiger charge is -2.35. The minimum atomic E-state index is -0.293. The third-order valence-electron chi connectivity index (χ3n) is 5.83. The predicted molar refractivity (Wildman–Crippen MR) is 124 cm³/mol. The molecule has 11 nitrogen and oxygen atoms in total. The van der Waals surface area contributed by atoms with E-state index in [4.69, 9.17) is 0 Å². The van der Waals surface area contributed by atoms with E-state index < -0.39 is 0 Å². The molecule has 4 heterocycles. The average molecular weight is 453 g/mol. The number of carbonyl (C=O) groups excluding carboxylic acids is 2. The molecule has 0 saturated carbocycles. The molecule has 33 heavy (non-hydrogen) atoms. The molecule has 3 aromatic rings. The Bertz CT molecular complexity index is 1250. The number of nitrogens with one attached hydrogen (secondary N) is 1. The summed E-state index contributed by atoms with van der Waals surface area (Å²) in [5.74, 6) is 0.695. The first-order valence-corrected chi connectivity index (χ1v) is 10.9. The normalized spacial score (nSPS) is 14.1. The predicted octanol–water partition coefficient (Wildman–Crippen LogP) is 0.746. The zero-order valence-electron chi connectivity index (χ0n) is 19.3. The Kier molecular flexibility index (Phi) is 6.12. The number of piperazine rings is 1.